The van der Waals surface area contributed by atoms with Crippen molar-refractivity contribution >= 4 is 29.0 Å². The molecule has 0 atom stereocenters. The van der Waals surface area contributed by atoms with Gasteiger partial charge in [0.15, 0.2) is 0 Å². The van der Waals surface area contributed by atoms with E-state index in [-0.39, 0.29) is 5.69 Å². The van der Waals surface area contributed by atoms with Gasteiger partial charge in [-0.15, -0.1) is 0 Å². The van der Waals surface area contributed by atoms with E-state index < -0.39 is 11.8 Å². The van der Waals surface area contributed by atoms with E-state index in [0.717, 1.165) is 11.1 Å². The predicted molar refractivity (Wildman–Crippen MR) is 80.0 cm³/mol. The Morgan fingerprint density at radius 2 is 1.80 bits per heavy atom. The highest BCUT2D eigenvalue weighted by Crippen LogP contribution is 2.23. The van der Waals surface area contributed by atoms with Gasteiger partial charge >= 0.3 is 6.03 Å². The number of urea groups is 1. The number of nitrogens with one attached hydrogen (secondary N) is 2. The Balaban J connectivity index is 2.13. The van der Waals surface area contributed by atoms with Gasteiger partial charge in [-0.3, -0.25) is 0 Å². The summed E-state index contributed by atoms with van der Waals surface area (Å²) in [6.45, 7) is 3.62. The van der Waals surface area contributed by atoms with Crippen LogP contribution in [-0.2, 0) is 0 Å². The molecule has 0 spiro atoms. The fourth-order valence-electron chi connectivity index (χ4n) is 1.75. The number of carbonyl (C=O) groups is 1. The summed E-state index contributed by atoms with van der Waals surface area (Å²) in [5.74, 6) is -0.478. The average molecular weight is 293 g/mol. The number of aryl methyl sites for hydroxylation is 1. The lowest BCUT2D eigenvalue weighted by Gasteiger charge is -2.11. The van der Waals surface area contributed by atoms with Crippen molar-refractivity contribution in [1.82, 2.24) is 0 Å². The second-order valence-electron chi connectivity index (χ2n) is 4.47. The van der Waals surface area contributed by atoms with Gasteiger partial charge in [-0.1, -0.05) is 23.7 Å². The van der Waals surface area contributed by atoms with Crippen LogP contribution < -0.4 is 10.6 Å². The highest BCUT2D eigenvalue weighted by Gasteiger charge is 2.09. The predicted octanol–water partition coefficient (Wildman–Crippen LogP) is 4.74. The summed E-state index contributed by atoms with van der Waals surface area (Å²) in [7, 11) is 0. The van der Waals surface area contributed by atoms with E-state index in [9.17, 15) is 9.18 Å². The smallest absolute Gasteiger partial charge is 0.307 e. The first-order valence-corrected chi connectivity index (χ1v) is 6.44. The largest absolute Gasteiger partial charge is 0.323 e. The highest BCUT2D eigenvalue weighted by atomic mass is 35.5. The van der Waals surface area contributed by atoms with Crippen LogP contribution in [0.25, 0.3) is 0 Å². The Morgan fingerprint density at radius 1 is 1.10 bits per heavy atom. The van der Waals surface area contributed by atoms with Gasteiger partial charge in [-0.2, -0.15) is 0 Å². The number of halogens is 2. The minimum atomic E-state index is -0.514. The third-order valence-electron chi connectivity index (χ3n) is 2.89. The number of carbonyl (C=O) groups excluding carboxylic acids is 1. The molecule has 104 valence electrons. The molecule has 3 nitrogen and oxygen atoms in total. The molecule has 0 aliphatic rings. The minimum Gasteiger partial charge on any atom is -0.307 e. The molecule has 0 bridgehead atoms. The lowest BCUT2D eigenvalue weighted by atomic mass is 10.2. The Bertz CT molecular complexity index is 652. The molecule has 2 aromatic carbocycles. The van der Waals surface area contributed by atoms with E-state index in [2.05, 4.69) is 10.6 Å². The topological polar surface area (TPSA) is 41.1 Å². The Morgan fingerprint density at radius 3 is 2.55 bits per heavy atom. The van der Waals surface area contributed by atoms with Gasteiger partial charge in [0.05, 0.1) is 5.69 Å². The molecule has 2 rings (SSSR count). The van der Waals surface area contributed by atoms with Crippen molar-refractivity contribution < 1.29 is 9.18 Å². The van der Waals surface area contributed by atoms with Gasteiger partial charge in [0.25, 0.3) is 0 Å². The molecule has 0 saturated heterocycles. The third kappa shape index (κ3) is 3.27. The number of hydrogen-bond donors (Lipinski definition) is 2. The molecule has 2 aromatic rings. The van der Waals surface area contributed by atoms with Gasteiger partial charge in [-0.25, -0.2) is 9.18 Å². The number of amides is 2. The number of rotatable bonds is 2. The van der Waals surface area contributed by atoms with Crippen LogP contribution in [0.4, 0.5) is 20.6 Å². The molecule has 5 heteroatoms. The van der Waals surface area contributed by atoms with E-state index in [1.165, 1.54) is 6.07 Å². The molecule has 2 N–H and O–H groups in total. The van der Waals surface area contributed by atoms with Crippen molar-refractivity contribution in [3.8, 4) is 0 Å². The molecule has 0 aliphatic heterocycles. The Kier molecular flexibility index (Phi) is 4.25. The molecule has 0 radical (unpaired) electrons. The third-order valence-corrected chi connectivity index (χ3v) is 3.30. The molecule has 0 heterocycles. The summed E-state index contributed by atoms with van der Waals surface area (Å²) in [5, 5.41) is 5.68. The van der Waals surface area contributed by atoms with E-state index in [1.807, 2.05) is 6.92 Å². The Labute approximate surface area is 121 Å². The number of anilines is 2. The van der Waals surface area contributed by atoms with Crippen LogP contribution in [0.1, 0.15) is 11.1 Å². The highest BCUT2D eigenvalue weighted by molar-refractivity contribution is 6.31. The van der Waals surface area contributed by atoms with Crippen LogP contribution in [0.5, 0.6) is 0 Å². The van der Waals surface area contributed by atoms with Crippen molar-refractivity contribution in [3.63, 3.8) is 0 Å². The summed E-state index contributed by atoms with van der Waals surface area (Å²) in [4.78, 5) is 11.9. The van der Waals surface area contributed by atoms with Crippen LogP contribution >= 0.6 is 11.6 Å². The summed E-state index contributed by atoms with van der Waals surface area (Å²) in [6.07, 6.45) is 0. The van der Waals surface area contributed by atoms with Gasteiger partial charge in [0.2, 0.25) is 0 Å². The summed E-state index contributed by atoms with van der Waals surface area (Å²) in [5.41, 5.74) is 2.35. The zero-order chi connectivity index (χ0) is 14.7. The SMILES string of the molecule is Cc1ccc(F)c(NC(=O)Nc2cccc(Cl)c2C)c1. The van der Waals surface area contributed by atoms with Gasteiger partial charge in [0, 0.05) is 10.7 Å². The average Bonchev–Trinajstić information content (AvgIpc) is 2.39. The lowest BCUT2D eigenvalue weighted by Crippen LogP contribution is -2.20. The van der Waals surface area contributed by atoms with E-state index in [1.54, 1.807) is 37.3 Å². The zero-order valence-electron chi connectivity index (χ0n) is 11.1. The van der Waals surface area contributed by atoms with Crippen molar-refractivity contribution in [2.24, 2.45) is 0 Å². The quantitative estimate of drug-likeness (QED) is 0.824. The minimum absolute atomic E-state index is 0.141. The second kappa shape index (κ2) is 5.92. The van der Waals surface area contributed by atoms with Crippen LogP contribution in [-0.4, -0.2) is 6.03 Å². The van der Waals surface area contributed by atoms with E-state index >= 15 is 0 Å². The van der Waals surface area contributed by atoms with Crippen molar-refractivity contribution in [2.45, 2.75) is 13.8 Å². The maximum absolute atomic E-state index is 13.5. The number of benzene rings is 2. The molecular formula is C15H14ClFN2O. The van der Waals surface area contributed by atoms with E-state index in [4.69, 9.17) is 11.6 Å². The molecule has 0 aliphatic carbocycles. The molecule has 0 saturated carbocycles. The number of hydrogen-bond acceptors (Lipinski definition) is 1. The van der Waals surface area contributed by atoms with Crippen molar-refractivity contribution in [2.75, 3.05) is 10.6 Å². The van der Waals surface area contributed by atoms with Gasteiger partial charge in [0.1, 0.15) is 5.82 Å². The van der Waals surface area contributed by atoms with Crippen molar-refractivity contribution in [1.29, 1.82) is 0 Å². The van der Waals surface area contributed by atoms with Crippen LogP contribution in [0.15, 0.2) is 36.4 Å². The monoisotopic (exact) mass is 292 g/mol. The van der Waals surface area contributed by atoms with Crippen molar-refractivity contribution in [3.05, 3.63) is 58.4 Å². The van der Waals surface area contributed by atoms with Crippen LogP contribution in [0.3, 0.4) is 0 Å². The standard InChI is InChI=1S/C15H14ClFN2O/c1-9-6-7-12(17)14(8-9)19-15(20)18-13-5-3-4-11(16)10(13)2/h3-8H,1-2H3,(H2,18,19,20). The normalized spacial score (nSPS) is 10.2. The molecule has 0 aromatic heterocycles. The van der Waals surface area contributed by atoms with Crippen LogP contribution in [0.2, 0.25) is 5.02 Å². The van der Waals surface area contributed by atoms with Gasteiger partial charge in [-0.05, 0) is 49.2 Å². The fraction of sp³-hybridized carbons (Fsp3) is 0.133. The maximum atomic E-state index is 13.5. The van der Waals surface area contributed by atoms with E-state index in [0.29, 0.717) is 10.7 Å². The first kappa shape index (κ1) is 14.3. The summed E-state index contributed by atoms with van der Waals surface area (Å²) in [6, 6.07) is 9.21. The van der Waals surface area contributed by atoms with Crippen LogP contribution in [0, 0.1) is 19.7 Å². The molecule has 0 unspecified atom stereocenters. The Hall–Kier alpha value is -2.07. The second-order valence-corrected chi connectivity index (χ2v) is 4.88. The molecule has 0 fully saturated rings. The summed E-state index contributed by atoms with van der Waals surface area (Å²) < 4.78 is 13.5. The summed E-state index contributed by atoms with van der Waals surface area (Å²) >= 11 is 5.97. The fourth-order valence-corrected chi connectivity index (χ4v) is 1.93. The van der Waals surface area contributed by atoms with Gasteiger partial charge < -0.3 is 10.6 Å². The molecule has 2 amide bonds. The first-order valence-electron chi connectivity index (χ1n) is 6.06. The molecular weight excluding hydrogens is 279 g/mol. The zero-order valence-corrected chi connectivity index (χ0v) is 11.9. The maximum Gasteiger partial charge on any atom is 0.323 e. The first-order chi connectivity index (χ1) is 9.47. The molecule has 20 heavy (non-hydrogen) atoms. The lowest BCUT2D eigenvalue weighted by molar-refractivity contribution is 0.262.